The summed E-state index contributed by atoms with van der Waals surface area (Å²) in [6.45, 7) is -1.32. The van der Waals surface area contributed by atoms with Gasteiger partial charge in [-0.1, -0.05) is 30.3 Å². The van der Waals surface area contributed by atoms with Crippen molar-refractivity contribution in [2.24, 2.45) is 0 Å². The Morgan fingerprint density at radius 2 is 2.00 bits per heavy atom. The average molecular weight is 301 g/mol. The number of halogens is 3. The van der Waals surface area contributed by atoms with E-state index in [1.165, 1.54) is 0 Å². The lowest BCUT2D eigenvalue weighted by molar-refractivity contribution is 0.0476. The molecule has 0 unspecified atom stereocenters. The van der Waals surface area contributed by atoms with E-state index in [1.54, 1.807) is 30.3 Å². The second kappa shape index (κ2) is 6.51. The van der Waals surface area contributed by atoms with Crippen LogP contribution in [0.2, 0.25) is 0 Å². The normalized spacial score (nSPS) is 10.8. The van der Waals surface area contributed by atoms with E-state index in [1.807, 2.05) is 0 Å². The van der Waals surface area contributed by atoms with Gasteiger partial charge in [-0.15, -0.1) is 11.3 Å². The zero-order valence-corrected chi connectivity index (χ0v) is 11.0. The van der Waals surface area contributed by atoms with Gasteiger partial charge < -0.3 is 4.74 Å². The summed E-state index contributed by atoms with van der Waals surface area (Å²) >= 11 is 0.811. The van der Waals surface area contributed by atoms with Crippen LogP contribution in [0, 0.1) is 0 Å². The highest BCUT2D eigenvalue weighted by Crippen LogP contribution is 2.33. The Morgan fingerprint density at radius 1 is 1.30 bits per heavy atom. The van der Waals surface area contributed by atoms with Crippen molar-refractivity contribution in [2.45, 2.75) is 6.43 Å². The SMILES string of the molecule is O=C(OCCF)c1sc(-c2ccccc2)nc1C(F)F. The molecule has 7 heteroatoms. The molecule has 1 heterocycles. The highest BCUT2D eigenvalue weighted by molar-refractivity contribution is 7.17. The van der Waals surface area contributed by atoms with E-state index < -0.39 is 31.4 Å². The first-order valence-electron chi connectivity index (χ1n) is 5.71. The van der Waals surface area contributed by atoms with Gasteiger partial charge in [-0.3, -0.25) is 0 Å². The zero-order chi connectivity index (χ0) is 14.5. The van der Waals surface area contributed by atoms with Crippen molar-refractivity contribution in [3.05, 3.63) is 40.9 Å². The van der Waals surface area contributed by atoms with E-state index in [0.717, 1.165) is 11.3 Å². The van der Waals surface area contributed by atoms with Gasteiger partial charge in [-0.05, 0) is 0 Å². The number of carbonyl (C=O) groups excluding carboxylic acids is 1. The van der Waals surface area contributed by atoms with Crippen LogP contribution in [0.15, 0.2) is 30.3 Å². The summed E-state index contributed by atoms with van der Waals surface area (Å²) in [5, 5.41) is 0.299. The van der Waals surface area contributed by atoms with Gasteiger partial charge in [-0.2, -0.15) is 0 Å². The van der Waals surface area contributed by atoms with Crippen molar-refractivity contribution in [3.63, 3.8) is 0 Å². The summed E-state index contributed by atoms with van der Waals surface area (Å²) < 4.78 is 42.3. The fraction of sp³-hybridized carbons (Fsp3) is 0.231. The number of hydrogen-bond donors (Lipinski definition) is 0. The average Bonchev–Trinajstić information content (AvgIpc) is 2.91. The number of alkyl halides is 3. The summed E-state index contributed by atoms with van der Waals surface area (Å²) in [5.41, 5.74) is 0.00153. The minimum absolute atomic E-state index is 0.285. The molecule has 0 aliphatic heterocycles. The van der Waals surface area contributed by atoms with E-state index >= 15 is 0 Å². The molecule has 0 amide bonds. The molecule has 0 aliphatic carbocycles. The predicted molar refractivity (Wildman–Crippen MR) is 68.8 cm³/mol. The van der Waals surface area contributed by atoms with Crippen molar-refractivity contribution >= 4 is 17.3 Å². The summed E-state index contributed by atoms with van der Waals surface area (Å²) in [7, 11) is 0. The van der Waals surface area contributed by atoms with Gasteiger partial charge in [-0.25, -0.2) is 22.9 Å². The molecule has 0 fully saturated rings. The van der Waals surface area contributed by atoms with Gasteiger partial charge in [0.05, 0.1) is 0 Å². The number of benzene rings is 1. The number of ether oxygens (including phenoxy) is 1. The van der Waals surface area contributed by atoms with E-state index in [-0.39, 0.29) is 4.88 Å². The number of thiazole rings is 1. The molecule has 0 N–H and O–H groups in total. The van der Waals surface area contributed by atoms with Crippen LogP contribution in [0.1, 0.15) is 21.8 Å². The second-order valence-corrected chi connectivity index (χ2v) is 4.72. The molecule has 0 atom stereocenters. The maximum absolute atomic E-state index is 12.9. The second-order valence-electron chi connectivity index (χ2n) is 3.73. The minimum atomic E-state index is -2.89. The molecule has 0 radical (unpaired) electrons. The molecule has 20 heavy (non-hydrogen) atoms. The number of rotatable bonds is 5. The highest BCUT2D eigenvalue weighted by Gasteiger charge is 2.26. The van der Waals surface area contributed by atoms with Crippen LogP contribution in [-0.2, 0) is 4.74 Å². The lowest BCUT2D eigenvalue weighted by Crippen LogP contribution is -2.08. The molecule has 0 saturated carbocycles. The molecule has 2 aromatic rings. The molecule has 0 spiro atoms. The predicted octanol–water partition coefficient (Wildman–Crippen LogP) is 3.87. The highest BCUT2D eigenvalue weighted by atomic mass is 32.1. The fourth-order valence-electron chi connectivity index (χ4n) is 1.53. The lowest BCUT2D eigenvalue weighted by atomic mass is 10.2. The van der Waals surface area contributed by atoms with Gasteiger partial charge in [0.1, 0.15) is 28.9 Å². The van der Waals surface area contributed by atoms with Gasteiger partial charge in [0, 0.05) is 5.56 Å². The molecule has 1 aromatic carbocycles. The number of carbonyl (C=O) groups is 1. The molecule has 0 bridgehead atoms. The molecular formula is C13H10F3NO2S. The van der Waals surface area contributed by atoms with Gasteiger partial charge in [0.2, 0.25) is 0 Å². The van der Waals surface area contributed by atoms with Crippen molar-refractivity contribution in [3.8, 4) is 10.6 Å². The molecule has 0 saturated heterocycles. The van der Waals surface area contributed by atoms with Crippen LogP contribution in [-0.4, -0.2) is 24.2 Å². The minimum Gasteiger partial charge on any atom is -0.459 e. The smallest absolute Gasteiger partial charge is 0.350 e. The molecule has 106 valence electrons. The van der Waals surface area contributed by atoms with Crippen LogP contribution in [0.5, 0.6) is 0 Å². The van der Waals surface area contributed by atoms with E-state index in [0.29, 0.717) is 10.6 Å². The van der Waals surface area contributed by atoms with E-state index in [4.69, 9.17) is 0 Å². The Morgan fingerprint density at radius 3 is 2.60 bits per heavy atom. The molecule has 2 rings (SSSR count). The zero-order valence-electron chi connectivity index (χ0n) is 10.2. The third-order valence-electron chi connectivity index (χ3n) is 2.38. The standard InChI is InChI=1S/C13H10F3NO2S/c14-6-7-19-13(18)10-9(11(15)16)17-12(20-10)8-4-2-1-3-5-8/h1-5,11H,6-7H2. The third kappa shape index (κ3) is 3.16. The monoisotopic (exact) mass is 301 g/mol. The Kier molecular flexibility index (Phi) is 4.73. The Balaban J connectivity index is 2.36. The number of aromatic nitrogens is 1. The summed E-state index contributed by atoms with van der Waals surface area (Å²) in [4.78, 5) is 15.1. The fourth-order valence-corrected chi connectivity index (χ4v) is 2.50. The third-order valence-corrected chi connectivity index (χ3v) is 3.48. The maximum Gasteiger partial charge on any atom is 0.350 e. The quantitative estimate of drug-likeness (QED) is 0.787. The van der Waals surface area contributed by atoms with Gasteiger partial charge in [0.25, 0.3) is 6.43 Å². The van der Waals surface area contributed by atoms with Gasteiger partial charge in [0.15, 0.2) is 0 Å². The Hall–Kier alpha value is -1.89. The van der Waals surface area contributed by atoms with Crippen LogP contribution in [0.3, 0.4) is 0 Å². The Bertz CT molecular complexity index is 587. The lowest BCUT2D eigenvalue weighted by Gasteiger charge is -2.01. The topological polar surface area (TPSA) is 39.2 Å². The van der Waals surface area contributed by atoms with Crippen LogP contribution >= 0.6 is 11.3 Å². The van der Waals surface area contributed by atoms with Crippen LogP contribution in [0.4, 0.5) is 13.2 Å². The summed E-state index contributed by atoms with van der Waals surface area (Å²) in [6.07, 6.45) is -2.89. The number of nitrogens with zero attached hydrogens (tertiary/aromatic N) is 1. The maximum atomic E-state index is 12.9. The van der Waals surface area contributed by atoms with Crippen molar-refractivity contribution in [2.75, 3.05) is 13.3 Å². The first kappa shape index (κ1) is 14.5. The first-order valence-corrected chi connectivity index (χ1v) is 6.52. The summed E-state index contributed by atoms with van der Waals surface area (Å²) in [6, 6.07) is 8.65. The van der Waals surface area contributed by atoms with E-state index in [9.17, 15) is 18.0 Å². The molecule has 0 aliphatic rings. The van der Waals surface area contributed by atoms with E-state index in [2.05, 4.69) is 9.72 Å². The van der Waals surface area contributed by atoms with Crippen molar-refractivity contribution < 1.29 is 22.7 Å². The van der Waals surface area contributed by atoms with Crippen LogP contribution < -0.4 is 0 Å². The number of hydrogen-bond acceptors (Lipinski definition) is 4. The van der Waals surface area contributed by atoms with Crippen LogP contribution in [0.25, 0.3) is 10.6 Å². The van der Waals surface area contributed by atoms with Crippen molar-refractivity contribution in [1.29, 1.82) is 0 Å². The van der Waals surface area contributed by atoms with Gasteiger partial charge >= 0.3 is 5.97 Å². The van der Waals surface area contributed by atoms with Crippen molar-refractivity contribution in [1.82, 2.24) is 4.98 Å². The molecule has 3 nitrogen and oxygen atoms in total. The Labute approximate surface area is 117 Å². The largest absolute Gasteiger partial charge is 0.459 e. The number of esters is 1. The molecular weight excluding hydrogens is 291 g/mol. The molecule has 1 aromatic heterocycles. The summed E-state index contributed by atoms with van der Waals surface area (Å²) in [5.74, 6) is -0.974. The first-order chi connectivity index (χ1) is 9.63.